The molecule has 1 atom stereocenters. The summed E-state index contributed by atoms with van der Waals surface area (Å²) in [4.78, 5) is 24.5. The first-order valence-electron chi connectivity index (χ1n) is 11.9. The van der Waals surface area contributed by atoms with Crippen LogP contribution in [-0.2, 0) is 15.9 Å². The van der Waals surface area contributed by atoms with Crippen LogP contribution in [-0.4, -0.2) is 66.7 Å². The molecule has 1 aliphatic heterocycles. The molecule has 1 fully saturated rings. The highest BCUT2D eigenvalue weighted by atomic mass is 32.2. The van der Waals surface area contributed by atoms with Crippen LogP contribution in [0.4, 0.5) is 13.6 Å². The van der Waals surface area contributed by atoms with Gasteiger partial charge in [0.1, 0.15) is 11.9 Å². The van der Waals surface area contributed by atoms with Crippen molar-refractivity contribution in [2.75, 3.05) is 26.0 Å². The lowest BCUT2D eigenvalue weighted by atomic mass is 9.99. The highest BCUT2D eigenvalue weighted by molar-refractivity contribution is 7.90. The summed E-state index contributed by atoms with van der Waals surface area (Å²) in [6.45, 7) is 6.96. The van der Waals surface area contributed by atoms with Crippen molar-refractivity contribution in [1.29, 1.82) is 0 Å². The standard InChI is InChI=1S/C24H30F2N6O4S/c1-24(2,3)36-23(33)30-31-11-9-15(10-12-31)14-35-19-13-18(28-22(29-19)37(4)34)32-17-8-6-5-7-16(17)27-21(32)20(25)26/h5-8,13,15,20H,9-12,14H2,1-4H3,(H,30,33). The summed E-state index contributed by atoms with van der Waals surface area (Å²) in [5.74, 6) is -0.0435. The first-order chi connectivity index (χ1) is 17.5. The first-order valence-corrected chi connectivity index (χ1v) is 13.4. The number of hydrazine groups is 1. The van der Waals surface area contributed by atoms with E-state index in [9.17, 15) is 18.1 Å². The number of hydrogen-bond acceptors (Lipinski definition) is 8. The van der Waals surface area contributed by atoms with Gasteiger partial charge in [-0.2, -0.15) is 4.98 Å². The fraction of sp³-hybridized carbons (Fsp3) is 0.500. The molecule has 2 aromatic heterocycles. The van der Waals surface area contributed by atoms with E-state index in [-0.39, 0.29) is 22.8 Å². The predicted octanol–water partition coefficient (Wildman–Crippen LogP) is 4.02. The van der Waals surface area contributed by atoms with Crippen molar-refractivity contribution in [1.82, 2.24) is 30.0 Å². The topological polar surface area (TPSA) is 117 Å². The zero-order valence-corrected chi connectivity index (χ0v) is 21.9. The monoisotopic (exact) mass is 536 g/mol. The summed E-state index contributed by atoms with van der Waals surface area (Å²) in [6.07, 6.45) is -0.423. The number of para-hydroxylation sites is 2. The number of nitrogens with one attached hydrogen (secondary N) is 1. The number of aromatic nitrogens is 4. The molecule has 1 aromatic carbocycles. The Balaban J connectivity index is 1.47. The number of fused-ring (bicyclic) bond motifs is 1. The second-order valence-electron chi connectivity index (χ2n) is 9.75. The molecule has 10 nitrogen and oxygen atoms in total. The SMILES string of the molecule is C[S+]([O-])c1nc(OCC2CCN(NC(=O)OC(C)(C)C)CC2)cc(-n2c(C(F)F)nc3ccccc32)n1. The lowest BCUT2D eigenvalue weighted by Crippen LogP contribution is -2.48. The van der Waals surface area contributed by atoms with Crippen molar-refractivity contribution in [2.24, 2.45) is 5.92 Å². The van der Waals surface area contributed by atoms with E-state index in [1.54, 1.807) is 45.0 Å². The number of imidazole rings is 1. The molecule has 0 radical (unpaired) electrons. The molecular formula is C24H30F2N6O4S. The van der Waals surface area contributed by atoms with Gasteiger partial charge >= 0.3 is 11.2 Å². The maximum Gasteiger partial charge on any atom is 0.422 e. The third-order valence-electron chi connectivity index (χ3n) is 5.67. The summed E-state index contributed by atoms with van der Waals surface area (Å²) in [5.41, 5.74) is 3.01. The van der Waals surface area contributed by atoms with Gasteiger partial charge in [0.15, 0.2) is 11.6 Å². The number of halogens is 2. The minimum absolute atomic E-state index is 0.0260. The van der Waals surface area contributed by atoms with Crippen LogP contribution in [0.1, 0.15) is 45.9 Å². The second-order valence-corrected chi connectivity index (χ2v) is 11.0. The van der Waals surface area contributed by atoms with Gasteiger partial charge in [0.25, 0.3) is 6.43 Å². The predicted molar refractivity (Wildman–Crippen MR) is 133 cm³/mol. The summed E-state index contributed by atoms with van der Waals surface area (Å²) in [7, 11) is 0. The molecule has 1 aliphatic rings. The number of amides is 1. The van der Waals surface area contributed by atoms with Crippen molar-refractivity contribution >= 4 is 28.3 Å². The molecule has 0 saturated carbocycles. The van der Waals surface area contributed by atoms with Gasteiger partial charge in [-0.3, -0.25) is 9.99 Å². The number of hydrogen-bond donors (Lipinski definition) is 1. The van der Waals surface area contributed by atoms with E-state index >= 15 is 0 Å². The molecule has 37 heavy (non-hydrogen) atoms. The van der Waals surface area contributed by atoms with E-state index in [4.69, 9.17) is 9.47 Å². The molecular weight excluding hydrogens is 506 g/mol. The van der Waals surface area contributed by atoms with Gasteiger partial charge < -0.3 is 14.0 Å². The molecule has 3 heterocycles. The average Bonchev–Trinajstić information content (AvgIpc) is 3.22. The second kappa shape index (κ2) is 11.2. The Hall–Kier alpha value is -3.03. The summed E-state index contributed by atoms with van der Waals surface area (Å²) in [5, 5.41) is 1.78. The maximum atomic E-state index is 13.8. The van der Waals surface area contributed by atoms with Crippen LogP contribution in [0.15, 0.2) is 35.5 Å². The molecule has 13 heteroatoms. The lowest BCUT2D eigenvalue weighted by Gasteiger charge is -2.32. The Morgan fingerprint density at radius 1 is 1.22 bits per heavy atom. The van der Waals surface area contributed by atoms with Crippen LogP contribution < -0.4 is 10.2 Å². The van der Waals surface area contributed by atoms with Gasteiger partial charge in [0, 0.05) is 30.3 Å². The fourth-order valence-electron chi connectivity index (χ4n) is 3.99. The van der Waals surface area contributed by atoms with Gasteiger partial charge in [0.05, 0.1) is 17.6 Å². The van der Waals surface area contributed by atoms with E-state index in [1.165, 1.54) is 16.9 Å². The number of piperidine rings is 1. The number of rotatable bonds is 7. The minimum Gasteiger partial charge on any atom is -0.609 e. The van der Waals surface area contributed by atoms with Crippen molar-refractivity contribution in [2.45, 2.75) is 50.8 Å². The number of benzene rings is 1. The summed E-state index contributed by atoms with van der Waals surface area (Å²) < 4.78 is 52.4. The highest BCUT2D eigenvalue weighted by Crippen LogP contribution is 2.29. The Labute approximate surface area is 216 Å². The van der Waals surface area contributed by atoms with Crippen LogP contribution in [0.3, 0.4) is 0 Å². The number of alkyl halides is 2. The largest absolute Gasteiger partial charge is 0.609 e. The lowest BCUT2D eigenvalue weighted by molar-refractivity contribution is 0.0243. The van der Waals surface area contributed by atoms with E-state index in [0.29, 0.717) is 30.7 Å². The van der Waals surface area contributed by atoms with E-state index in [2.05, 4.69) is 20.4 Å². The summed E-state index contributed by atoms with van der Waals surface area (Å²) in [6, 6.07) is 8.19. The van der Waals surface area contributed by atoms with Gasteiger partial charge in [-0.15, -0.1) is 4.98 Å². The number of ether oxygens (including phenoxy) is 2. The Bertz CT molecular complexity index is 1240. The van der Waals surface area contributed by atoms with Gasteiger partial charge in [0.2, 0.25) is 5.88 Å². The zero-order chi connectivity index (χ0) is 26.7. The smallest absolute Gasteiger partial charge is 0.422 e. The Morgan fingerprint density at radius 2 is 1.92 bits per heavy atom. The van der Waals surface area contributed by atoms with Crippen LogP contribution in [0.5, 0.6) is 5.88 Å². The normalized spacial score (nSPS) is 16.2. The molecule has 0 bridgehead atoms. The first kappa shape index (κ1) is 27.0. The van der Waals surface area contributed by atoms with Gasteiger partial charge in [-0.1, -0.05) is 12.1 Å². The Kier molecular flexibility index (Phi) is 8.14. The van der Waals surface area contributed by atoms with Crippen molar-refractivity contribution in [3.63, 3.8) is 0 Å². The van der Waals surface area contributed by atoms with E-state index < -0.39 is 35.1 Å². The molecule has 0 aliphatic carbocycles. The number of carbonyl (C=O) groups is 1. The van der Waals surface area contributed by atoms with Crippen molar-refractivity contribution < 1.29 is 27.6 Å². The highest BCUT2D eigenvalue weighted by Gasteiger charge is 2.26. The van der Waals surface area contributed by atoms with Crippen LogP contribution in [0, 0.1) is 5.92 Å². The van der Waals surface area contributed by atoms with E-state index in [1.807, 2.05) is 5.01 Å². The number of carbonyl (C=O) groups excluding carboxylic acids is 1. The van der Waals surface area contributed by atoms with E-state index in [0.717, 1.165) is 12.8 Å². The Morgan fingerprint density at radius 3 is 2.57 bits per heavy atom. The molecule has 3 aromatic rings. The van der Waals surface area contributed by atoms with Crippen molar-refractivity contribution in [3.05, 3.63) is 36.2 Å². The fourth-order valence-corrected chi connectivity index (χ4v) is 4.43. The minimum atomic E-state index is -2.85. The molecule has 4 rings (SSSR count). The molecule has 1 saturated heterocycles. The van der Waals surface area contributed by atoms with Crippen LogP contribution >= 0.6 is 0 Å². The number of nitrogens with zero attached hydrogens (tertiary/aromatic N) is 5. The summed E-state index contributed by atoms with van der Waals surface area (Å²) >= 11 is -1.57. The van der Waals surface area contributed by atoms with Crippen LogP contribution in [0.2, 0.25) is 0 Å². The van der Waals surface area contributed by atoms with Gasteiger partial charge in [-0.25, -0.2) is 23.6 Å². The molecule has 200 valence electrons. The third-order valence-corrected chi connectivity index (χ3v) is 6.36. The average molecular weight is 537 g/mol. The molecule has 1 unspecified atom stereocenters. The molecule has 1 N–H and O–H groups in total. The van der Waals surface area contributed by atoms with Crippen molar-refractivity contribution in [3.8, 4) is 11.7 Å². The van der Waals surface area contributed by atoms with Gasteiger partial charge in [-0.05, 0) is 51.7 Å². The molecule has 1 amide bonds. The maximum absolute atomic E-state index is 13.8. The zero-order valence-electron chi connectivity index (χ0n) is 21.1. The van der Waals surface area contributed by atoms with Crippen LogP contribution in [0.25, 0.3) is 16.9 Å². The molecule has 0 spiro atoms. The quantitative estimate of drug-likeness (QED) is 0.355. The third kappa shape index (κ3) is 6.84.